The molecule has 1 aliphatic heterocycles. The summed E-state index contributed by atoms with van der Waals surface area (Å²) in [4.78, 5) is 19.6. The molecule has 1 aromatic heterocycles. The van der Waals surface area contributed by atoms with Crippen LogP contribution in [0.1, 0.15) is 26.7 Å². The van der Waals surface area contributed by atoms with Gasteiger partial charge in [0, 0.05) is 23.7 Å². The molecule has 0 bridgehead atoms. The fraction of sp³-hybridized carbons (Fsp3) is 0.333. The minimum absolute atomic E-state index is 0.0784. The van der Waals surface area contributed by atoms with Crippen molar-refractivity contribution in [2.24, 2.45) is 5.92 Å². The molecule has 5 heteroatoms. The average molecular weight is 389 g/mol. The van der Waals surface area contributed by atoms with Crippen LogP contribution >= 0.6 is 0 Å². The number of piperidine rings is 1. The van der Waals surface area contributed by atoms with Gasteiger partial charge in [0.25, 0.3) is 0 Å². The molecular weight excluding hydrogens is 362 g/mol. The molecule has 1 saturated heterocycles. The predicted octanol–water partition coefficient (Wildman–Crippen LogP) is 5.11. The van der Waals surface area contributed by atoms with E-state index in [0.29, 0.717) is 5.89 Å². The van der Waals surface area contributed by atoms with Crippen LogP contribution in [0, 0.1) is 5.92 Å². The number of nitrogens with one attached hydrogen (secondary N) is 1. The van der Waals surface area contributed by atoms with Crippen LogP contribution in [0.25, 0.3) is 22.6 Å². The van der Waals surface area contributed by atoms with Crippen molar-refractivity contribution in [1.29, 1.82) is 0 Å². The van der Waals surface area contributed by atoms with Gasteiger partial charge in [-0.25, -0.2) is 4.98 Å². The molecule has 1 N–H and O–H groups in total. The topological polar surface area (TPSA) is 58.4 Å². The second kappa shape index (κ2) is 8.62. The summed E-state index contributed by atoms with van der Waals surface area (Å²) in [5, 5.41) is 3.06. The Morgan fingerprint density at radius 1 is 1.14 bits per heavy atom. The number of hydrogen-bond donors (Lipinski definition) is 1. The van der Waals surface area contributed by atoms with Crippen LogP contribution in [0.5, 0.6) is 0 Å². The number of para-hydroxylation sites is 2. The van der Waals surface area contributed by atoms with Gasteiger partial charge in [-0.2, -0.15) is 0 Å². The molecule has 3 aromatic rings. The van der Waals surface area contributed by atoms with Gasteiger partial charge in [-0.05, 0) is 76.2 Å². The lowest BCUT2D eigenvalue weighted by atomic mass is 9.95. The summed E-state index contributed by atoms with van der Waals surface area (Å²) in [5.74, 6) is 0.781. The smallest absolute Gasteiger partial charge is 0.227 e. The first-order valence-electron chi connectivity index (χ1n) is 10.2. The number of hydrogen-bond acceptors (Lipinski definition) is 4. The number of anilines is 1. The van der Waals surface area contributed by atoms with E-state index in [4.69, 9.17) is 4.42 Å². The third kappa shape index (κ3) is 4.74. The molecular formula is C24H27N3O2. The lowest BCUT2D eigenvalue weighted by molar-refractivity contribution is -0.121. The van der Waals surface area contributed by atoms with Gasteiger partial charge in [0.1, 0.15) is 5.52 Å². The maximum Gasteiger partial charge on any atom is 0.227 e. The molecule has 5 nitrogen and oxygen atoms in total. The lowest BCUT2D eigenvalue weighted by Crippen LogP contribution is -2.38. The van der Waals surface area contributed by atoms with Gasteiger partial charge in [-0.3, -0.25) is 9.69 Å². The second-order valence-electron chi connectivity index (χ2n) is 7.91. The average Bonchev–Trinajstić information content (AvgIpc) is 3.17. The Hall–Kier alpha value is -2.92. The number of amides is 1. The van der Waals surface area contributed by atoms with Crippen LogP contribution in [0.2, 0.25) is 0 Å². The van der Waals surface area contributed by atoms with E-state index in [2.05, 4.69) is 35.1 Å². The number of benzene rings is 2. The molecule has 0 unspecified atom stereocenters. The number of allylic oxidation sites excluding steroid dienone is 1. The standard InChI is InChI=1S/C24H27N3O2/c1-17(2)11-14-27-15-12-18(13-16-27)23(28)25-20-9-7-19(8-10-20)24-26-21-5-3-4-6-22(21)29-24/h3-11,18H,12-16H2,1-2H3,(H,25,28). The molecule has 0 saturated carbocycles. The van der Waals surface area contributed by atoms with Crippen molar-refractivity contribution < 1.29 is 9.21 Å². The molecule has 2 aromatic carbocycles. The molecule has 0 atom stereocenters. The minimum Gasteiger partial charge on any atom is -0.436 e. The SMILES string of the molecule is CC(C)=CCN1CCC(C(=O)Nc2ccc(-c3nc4ccccc4o3)cc2)CC1. The Bertz CT molecular complexity index is 975. The Morgan fingerprint density at radius 3 is 2.55 bits per heavy atom. The molecule has 4 rings (SSSR count). The first kappa shape index (κ1) is 19.4. The highest BCUT2D eigenvalue weighted by molar-refractivity contribution is 5.92. The Morgan fingerprint density at radius 2 is 1.86 bits per heavy atom. The van der Waals surface area contributed by atoms with E-state index in [0.717, 1.165) is 54.8 Å². The Kier molecular flexibility index (Phi) is 5.76. The summed E-state index contributed by atoms with van der Waals surface area (Å²) < 4.78 is 5.81. The van der Waals surface area contributed by atoms with Crippen LogP contribution in [0.3, 0.4) is 0 Å². The van der Waals surface area contributed by atoms with Crippen molar-refractivity contribution >= 4 is 22.7 Å². The van der Waals surface area contributed by atoms with Crippen molar-refractivity contribution in [3.8, 4) is 11.5 Å². The number of nitrogens with zero attached hydrogens (tertiary/aromatic N) is 2. The normalized spacial score (nSPS) is 15.4. The minimum atomic E-state index is 0.0784. The quantitative estimate of drug-likeness (QED) is 0.616. The van der Waals surface area contributed by atoms with E-state index in [1.807, 2.05) is 48.5 Å². The lowest BCUT2D eigenvalue weighted by Gasteiger charge is -2.30. The highest BCUT2D eigenvalue weighted by atomic mass is 16.3. The van der Waals surface area contributed by atoms with Gasteiger partial charge in [-0.15, -0.1) is 0 Å². The summed E-state index contributed by atoms with van der Waals surface area (Å²) in [7, 11) is 0. The van der Waals surface area contributed by atoms with Crippen LogP contribution in [0.4, 0.5) is 5.69 Å². The number of likely N-dealkylation sites (tertiary alicyclic amines) is 1. The maximum absolute atomic E-state index is 12.6. The summed E-state index contributed by atoms with van der Waals surface area (Å²) >= 11 is 0. The Labute approximate surface area is 171 Å². The van der Waals surface area contributed by atoms with Crippen LogP contribution in [-0.2, 0) is 4.79 Å². The van der Waals surface area contributed by atoms with E-state index in [-0.39, 0.29) is 11.8 Å². The van der Waals surface area contributed by atoms with Gasteiger partial charge in [0.2, 0.25) is 11.8 Å². The number of aromatic nitrogens is 1. The van der Waals surface area contributed by atoms with E-state index in [1.165, 1.54) is 5.57 Å². The zero-order valence-electron chi connectivity index (χ0n) is 17.0. The maximum atomic E-state index is 12.6. The molecule has 1 fully saturated rings. The molecule has 0 spiro atoms. The number of oxazole rings is 1. The highest BCUT2D eigenvalue weighted by Crippen LogP contribution is 2.26. The Balaban J connectivity index is 1.34. The molecule has 1 amide bonds. The highest BCUT2D eigenvalue weighted by Gasteiger charge is 2.24. The van der Waals surface area contributed by atoms with E-state index < -0.39 is 0 Å². The summed E-state index contributed by atoms with van der Waals surface area (Å²) in [5.41, 5.74) is 4.66. The van der Waals surface area contributed by atoms with Crippen molar-refractivity contribution in [2.45, 2.75) is 26.7 Å². The largest absolute Gasteiger partial charge is 0.436 e. The fourth-order valence-electron chi connectivity index (χ4n) is 3.63. The molecule has 150 valence electrons. The van der Waals surface area contributed by atoms with E-state index in [1.54, 1.807) is 0 Å². The number of fused-ring (bicyclic) bond motifs is 1. The molecule has 0 aliphatic carbocycles. The van der Waals surface area contributed by atoms with Crippen LogP contribution in [0.15, 0.2) is 64.6 Å². The predicted molar refractivity (Wildman–Crippen MR) is 117 cm³/mol. The summed E-state index contributed by atoms with van der Waals surface area (Å²) in [6, 6.07) is 15.4. The van der Waals surface area contributed by atoms with Gasteiger partial charge in [0.05, 0.1) is 0 Å². The van der Waals surface area contributed by atoms with Gasteiger partial charge < -0.3 is 9.73 Å². The second-order valence-corrected chi connectivity index (χ2v) is 7.91. The first-order valence-corrected chi connectivity index (χ1v) is 10.2. The van der Waals surface area contributed by atoms with Gasteiger partial charge in [-0.1, -0.05) is 23.8 Å². The van der Waals surface area contributed by atoms with Gasteiger partial charge in [0.15, 0.2) is 5.58 Å². The molecule has 1 aliphatic rings. The summed E-state index contributed by atoms with van der Waals surface area (Å²) in [6.07, 6.45) is 4.06. The zero-order chi connectivity index (χ0) is 20.2. The first-order chi connectivity index (χ1) is 14.1. The molecule has 0 radical (unpaired) electrons. The van der Waals surface area contributed by atoms with E-state index in [9.17, 15) is 4.79 Å². The van der Waals surface area contributed by atoms with Crippen molar-refractivity contribution in [1.82, 2.24) is 9.88 Å². The van der Waals surface area contributed by atoms with Crippen molar-refractivity contribution in [2.75, 3.05) is 25.0 Å². The zero-order valence-corrected chi connectivity index (χ0v) is 17.0. The van der Waals surface area contributed by atoms with E-state index >= 15 is 0 Å². The van der Waals surface area contributed by atoms with Crippen LogP contribution in [-0.4, -0.2) is 35.4 Å². The number of carbonyl (C=O) groups excluding carboxylic acids is 1. The van der Waals surface area contributed by atoms with Crippen molar-refractivity contribution in [3.63, 3.8) is 0 Å². The fourth-order valence-corrected chi connectivity index (χ4v) is 3.63. The van der Waals surface area contributed by atoms with Crippen molar-refractivity contribution in [3.05, 3.63) is 60.2 Å². The monoisotopic (exact) mass is 389 g/mol. The summed E-state index contributed by atoms with van der Waals surface area (Å²) in [6.45, 7) is 7.16. The molecule has 2 heterocycles. The number of carbonyl (C=O) groups is 1. The third-order valence-corrected chi connectivity index (χ3v) is 5.41. The third-order valence-electron chi connectivity index (χ3n) is 5.41. The molecule has 29 heavy (non-hydrogen) atoms. The van der Waals surface area contributed by atoms with Gasteiger partial charge >= 0.3 is 0 Å². The van der Waals surface area contributed by atoms with Crippen LogP contribution < -0.4 is 5.32 Å². The number of rotatable bonds is 5.